The standard InChI is InChI=1S/C19H21ClFNO4/c20-13-1-2-15(14(21)4-13)22-16(23)9-26-17(24)18-5-11-3-12(6-18)8-19(25,7-11)10-18/h1-2,4,11-12,25H,3,5-10H2,(H,22,23)/t11-,12-,18?,19?/m1/s1. The lowest BCUT2D eigenvalue weighted by molar-refractivity contribution is -0.196. The van der Waals surface area contributed by atoms with Crippen molar-refractivity contribution in [3.05, 3.63) is 29.0 Å². The second-order valence-electron chi connectivity index (χ2n) is 8.21. The van der Waals surface area contributed by atoms with Crippen LogP contribution in [0.2, 0.25) is 5.02 Å². The molecule has 4 fully saturated rings. The maximum Gasteiger partial charge on any atom is 0.312 e. The molecule has 26 heavy (non-hydrogen) atoms. The SMILES string of the molecule is O=C(COC(=O)C12C[C@H]3C[C@@H](CC(O)(C3)C1)C2)Nc1ccc(Cl)cc1F. The van der Waals surface area contributed by atoms with Gasteiger partial charge in [-0.25, -0.2) is 4.39 Å². The van der Waals surface area contributed by atoms with Gasteiger partial charge in [-0.1, -0.05) is 11.6 Å². The zero-order valence-corrected chi connectivity index (χ0v) is 15.0. The van der Waals surface area contributed by atoms with E-state index in [1.165, 1.54) is 12.1 Å². The highest BCUT2D eigenvalue weighted by molar-refractivity contribution is 6.30. The summed E-state index contributed by atoms with van der Waals surface area (Å²) in [7, 11) is 0. The molecule has 7 heteroatoms. The van der Waals surface area contributed by atoms with Crippen LogP contribution in [0.25, 0.3) is 0 Å². The molecule has 140 valence electrons. The molecular weight excluding hydrogens is 361 g/mol. The third kappa shape index (κ3) is 3.21. The van der Waals surface area contributed by atoms with Crippen molar-refractivity contribution in [1.29, 1.82) is 0 Å². The molecule has 4 saturated carbocycles. The molecule has 0 aliphatic heterocycles. The van der Waals surface area contributed by atoms with E-state index >= 15 is 0 Å². The first kappa shape index (κ1) is 17.7. The Hall–Kier alpha value is -1.66. The normalized spacial score (nSPS) is 34.6. The Labute approximate surface area is 155 Å². The van der Waals surface area contributed by atoms with Gasteiger partial charge in [0, 0.05) is 5.02 Å². The number of carbonyl (C=O) groups excluding carboxylic acids is 2. The summed E-state index contributed by atoms with van der Waals surface area (Å²) in [6, 6.07) is 3.91. The molecule has 4 bridgehead atoms. The highest BCUT2D eigenvalue weighted by atomic mass is 35.5. The topological polar surface area (TPSA) is 75.6 Å². The van der Waals surface area contributed by atoms with Crippen LogP contribution in [0.4, 0.5) is 10.1 Å². The Balaban J connectivity index is 1.37. The maximum absolute atomic E-state index is 13.7. The molecule has 1 aromatic carbocycles. The van der Waals surface area contributed by atoms with Crippen molar-refractivity contribution in [3.8, 4) is 0 Å². The fourth-order valence-corrected chi connectivity index (χ4v) is 5.67. The Morgan fingerprint density at radius 2 is 1.96 bits per heavy atom. The number of rotatable bonds is 4. The van der Waals surface area contributed by atoms with Crippen LogP contribution in [0.1, 0.15) is 38.5 Å². The summed E-state index contributed by atoms with van der Waals surface area (Å²) in [6.45, 7) is -0.476. The van der Waals surface area contributed by atoms with Gasteiger partial charge in [0.15, 0.2) is 6.61 Å². The van der Waals surface area contributed by atoms with Gasteiger partial charge < -0.3 is 15.2 Å². The van der Waals surface area contributed by atoms with Gasteiger partial charge in [-0.05, 0) is 68.6 Å². The number of carbonyl (C=O) groups is 2. The lowest BCUT2D eigenvalue weighted by Crippen LogP contribution is -2.58. The first-order valence-corrected chi connectivity index (χ1v) is 9.29. The quantitative estimate of drug-likeness (QED) is 0.785. The van der Waals surface area contributed by atoms with Crippen LogP contribution >= 0.6 is 11.6 Å². The molecular formula is C19H21ClFNO4. The number of esters is 1. The van der Waals surface area contributed by atoms with E-state index in [1.807, 2.05) is 0 Å². The first-order chi connectivity index (χ1) is 12.3. The summed E-state index contributed by atoms with van der Waals surface area (Å²) in [6.07, 6.45) is 4.44. The summed E-state index contributed by atoms with van der Waals surface area (Å²) in [4.78, 5) is 24.7. The first-order valence-electron chi connectivity index (χ1n) is 8.92. The van der Waals surface area contributed by atoms with Crippen LogP contribution in [-0.2, 0) is 14.3 Å². The number of benzene rings is 1. The number of hydrogen-bond donors (Lipinski definition) is 2. The van der Waals surface area contributed by atoms with Crippen molar-refractivity contribution >= 4 is 29.2 Å². The Kier molecular flexibility index (Phi) is 4.23. The second kappa shape index (κ2) is 6.20. The van der Waals surface area contributed by atoms with Crippen molar-refractivity contribution < 1.29 is 23.8 Å². The maximum atomic E-state index is 13.7. The van der Waals surface area contributed by atoms with Crippen molar-refractivity contribution in [2.75, 3.05) is 11.9 Å². The molecule has 0 spiro atoms. The molecule has 0 unspecified atom stereocenters. The molecule has 0 radical (unpaired) electrons. The summed E-state index contributed by atoms with van der Waals surface area (Å²) in [5, 5.41) is 13.3. The number of ether oxygens (including phenoxy) is 1. The lowest BCUT2D eigenvalue weighted by atomic mass is 9.48. The van der Waals surface area contributed by atoms with Crippen LogP contribution in [0.15, 0.2) is 18.2 Å². The minimum atomic E-state index is -0.766. The summed E-state index contributed by atoms with van der Waals surface area (Å²) >= 11 is 5.67. The zero-order chi connectivity index (χ0) is 18.5. The number of amides is 1. The van der Waals surface area contributed by atoms with Crippen molar-refractivity contribution in [3.63, 3.8) is 0 Å². The number of hydrogen-bond acceptors (Lipinski definition) is 4. The van der Waals surface area contributed by atoms with E-state index in [0.29, 0.717) is 18.3 Å². The van der Waals surface area contributed by atoms with E-state index in [4.69, 9.17) is 16.3 Å². The van der Waals surface area contributed by atoms with Gasteiger partial charge in [0.1, 0.15) is 5.82 Å². The van der Waals surface area contributed by atoms with Gasteiger partial charge in [0.2, 0.25) is 0 Å². The number of anilines is 1. The average molecular weight is 382 g/mol. The zero-order valence-electron chi connectivity index (χ0n) is 14.3. The smallest absolute Gasteiger partial charge is 0.312 e. The highest BCUT2D eigenvalue weighted by Gasteiger charge is 2.60. The minimum Gasteiger partial charge on any atom is -0.455 e. The fourth-order valence-electron chi connectivity index (χ4n) is 5.51. The molecule has 0 aromatic heterocycles. The average Bonchev–Trinajstić information content (AvgIpc) is 2.53. The molecule has 5 rings (SSSR count). The van der Waals surface area contributed by atoms with Crippen LogP contribution in [0, 0.1) is 23.1 Å². The van der Waals surface area contributed by atoms with Crippen molar-refractivity contribution in [2.45, 2.75) is 44.1 Å². The Morgan fingerprint density at radius 3 is 2.58 bits per heavy atom. The monoisotopic (exact) mass is 381 g/mol. The molecule has 5 nitrogen and oxygen atoms in total. The van der Waals surface area contributed by atoms with E-state index < -0.39 is 35.3 Å². The van der Waals surface area contributed by atoms with Gasteiger partial charge in [-0.3, -0.25) is 9.59 Å². The van der Waals surface area contributed by atoms with E-state index in [1.54, 1.807) is 0 Å². The van der Waals surface area contributed by atoms with E-state index in [-0.39, 0.29) is 10.7 Å². The van der Waals surface area contributed by atoms with Gasteiger partial charge in [0.25, 0.3) is 5.91 Å². The summed E-state index contributed by atoms with van der Waals surface area (Å²) in [5.41, 5.74) is -1.46. The van der Waals surface area contributed by atoms with Crippen LogP contribution in [0.3, 0.4) is 0 Å². The molecule has 1 aromatic rings. The second-order valence-corrected chi connectivity index (χ2v) is 8.65. The number of halogens is 2. The molecule has 4 aliphatic rings. The Morgan fingerprint density at radius 1 is 1.27 bits per heavy atom. The van der Waals surface area contributed by atoms with E-state index in [0.717, 1.165) is 38.2 Å². The fraction of sp³-hybridized carbons (Fsp3) is 0.579. The molecule has 0 heterocycles. The molecule has 2 atom stereocenters. The van der Waals surface area contributed by atoms with E-state index in [9.17, 15) is 19.1 Å². The number of aliphatic hydroxyl groups is 1. The predicted octanol–water partition coefficient (Wildman–Crippen LogP) is 3.29. The van der Waals surface area contributed by atoms with Crippen LogP contribution in [0.5, 0.6) is 0 Å². The predicted molar refractivity (Wildman–Crippen MR) is 93.1 cm³/mol. The molecule has 2 N–H and O–H groups in total. The van der Waals surface area contributed by atoms with Crippen molar-refractivity contribution in [1.82, 2.24) is 0 Å². The van der Waals surface area contributed by atoms with Gasteiger partial charge in [0.05, 0.1) is 16.7 Å². The van der Waals surface area contributed by atoms with Gasteiger partial charge >= 0.3 is 5.97 Å². The summed E-state index contributed by atoms with van der Waals surface area (Å²) < 4.78 is 19.0. The third-order valence-corrected chi connectivity index (χ3v) is 6.24. The molecule has 4 aliphatic carbocycles. The summed E-state index contributed by atoms with van der Waals surface area (Å²) in [5.74, 6) is -0.975. The van der Waals surface area contributed by atoms with Gasteiger partial charge in [-0.15, -0.1) is 0 Å². The van der Waals surface area contributed by atoms with Crippen molar-refractivity contribution in [2.24, 2.45) is 17.3 Å². The molecule has 0 saturated heterocycles. The van der Waals surface area contributed by atoms with Gasteiger partial charge in [-0.2, -0.15) is 0 Å². The Bertz CT molecular complexity index is 754. The largest absolute Gasteiger partial charge is 0.455 e. The number of nitrogens with one attached hydrogen (secondary N) is 1. The minimum absolute atomic E-state index is 0.0143. The molecule has 1 amide bonds. The third-order valence-electron chi connectivity index (χ3n) is 6.00. The van der Waals surface area contributed by atoms with Crippen LogP contribution in [-0.4, -0.2) is 29.2 Å². The van der Waals surface area contributed by atoms with E-state index in [2.05, 4.69) is 5.32 Å². The lowest BCUT2D eigenvalue weighted by Gasteiger charge is -2.58. The highest BCUT2D eigenvalue weighted by Crippen LogP contribution is 2.61. The van der Waals surface area contributed by atoms with Crippen LogP contribution < -0.4 is 5.32 Å².